The van der Waals surface area contributed by atoms with Crippen LogP contribution in [-0.2, 0) is 0 Å². The molecule has 0 radical (unpaired) electrons. The molecule has 1 atom stereocenters. The summed E-state index contributed by atoms with van der Waals surface area (Å²) in [4.78, 5) is 4.26. The molecular weight excluding hydrogens is 190 g/mol. The fourth-order valence-corrected chi connectivity index (χ4v) is 1.62. The molecule has 82 valence electrons. The first-order valence-corrected chi connectivity index (χ1v) is 5.50. The summed E-state index contributed by atoms with van der Waals surface area (Å²) in [6, 6.07) is 0.541. The van der Waals surface area contributed by atoms with Crippen LogP contribution in [0.15, 0.2) is 16.7 Å². The fraction of sp³-hybridized carbons (Fsp3) is 0.636. The minimum absolute atomic E-state index is 0.315. The van der Waals surface area contributed by atoms with Crippen LogP contribution in [0.2, 0.25) is 0 Å². The average molecular weight is 207 g/mol. The maximum absolute atomic E-state index is 5.09. The van der Waals surface area contributed by atoms with Gasteiger partial charge in [-0.25, -0.2) is 0 Å². The standard InChI is InChI=1S/C11H17N3O/c1-8(2)10-13-11(15-14-10)12-7-9-5-3-4-6-9/h3,5,8-9H,4,6-7H2,1-2H3,(H,12,13,14). The first kappa shape index (κ1) is 10.2. The largest absolute Gasteiger partial charge is 0.337 e. The normalized spacial score (nSPS) is 20.1. The first-order chi connectivity index (χ1) is 7.25. The van der Waals surface area contributed by atoms with E-state index in [1.807, 2.05) is 13.8 Å². The number of anilines is 1. The molecule has 2 rings (SSSR count). The summed E-state index contributed by atoms with van der Waals surface area (Å²) in [5, 5.41) is 7.06. The van der Waals surface area contributed by atoms with Gasteiger partial charge in [0.2, 0.25) is 0 Å². The molecule has 1 aromatic heterocycles. The van der Waals surface area contributed by atoms with E-state index in [4.69, 9.17) is 4.52 Å². The number of hydrogen-bond acceptors (Lipinski definition) is 4. The van der Waals surface area contributed by atoms with Gasteiger partial charge in [-0.1, -0.05) is 31.2 Å². The Morgan fingerprint density at radius 1 is 1.60 bits per heavy atom. The second kappa shape index (κ2) is 4.47. The van der Waals surface area contributed by atoms with Crippen molar-refractivity contribution in [1.82, 2.24) is 10.1 Å². The summed E-state index contributed by atoms with van der Waals surface area (Å²) in [7, 11) is 0. The van der Waals surface area contributed by atoms with Gasteiger partial charge >= 0.3 is 6.01 Å². The van der Waals surface area contributed by atoms with E-state index in [2.05, 4.69) is 27.6 Å². The molecule has 0 spiro atoms. The third kappa shape index (κ3) is 2.58. The molecule has 1 aromatic rings. The van der Waals surface area contributed by atoms with Crippen molar-refractivity contribution < 1.29 is 4.52 Å². The Hall–Kier alpha value is -1.32. The van der Waals surface area contributed by atoms with Crippen LogP contribution < -0.4 is 5.32 Å². The highest BCUT2D eigenvalue weighted by molar-refractivity contribution is 5.20. The molecule has 0 amide bonds. The van der Waals surface area contributed by atoms with Gasteiger partial charge in [-0.15, -0.1) is 0 Å². The molecule has 4 nitrogen and oxygen atoms in total. The Morgan fingerprint density at radius 2 is 2.47 bits per heavy atom. The molecule has 1 aliphatic carbocycles. The quantitative estimate of drug-likeness (QED) is 0.771. The average Bonchev–Trinajstić information content (AvgIpc) is 2.86. The molecule has 0 fully saturated rings. The second-order valence-corrected chi connectivity index (χ2v) is 4.26. The van der Waals surface area contributed by atoms with Gasteiger partial charge in [0, 0.05) is 12.5 Å². The number of aromatic nitrogens is 2. The van der Waals surface area contributed by atoms with Gasteiger partial charge in [0.15, 0.2) is 5.82 Å². The number of nitrogens with zero attached hydrogens (tertiary/aromatic N) is 2. The van der Waals surface area contributed by atoms with E-state index in [9.17, 15) is 0 Å². The van der Waals surface area contributed by atoms with Crippen LogP contribution in [0.4, 0.5) is 6.01 Å². The number of hydrogen-bond donors (Lipinski definition) is 1. The lowest BCUT2D eigenvalue weighted by Crippen LogP contribution is -2.10. The Labute approximate surface area is 89.8 Å². The molecule has 1 aliphatic rings. The highest BCUT2D eigenvalue weighted by Crippen LogP contribution is 2.18. The smallest absolute Gasteiger partial charge is 0.321 e. The highest BCUT2D eigenvalue weighted by atomic mass is 16.5. The van der Waals surface area contributed by atoms with E-state index >= 15 is 0 Å². The molecule has 0 aliphatic heterocycles. The maximum atomic E-state index is 5.09. The van der Waals surface area contributed by atoms with Crippen molar-refractivity contribution >= 4 is 6.01 Å². The lowest BCUT2D eigenvalue weighted by Gasteiger charge is -2.05. The van der Waals surface area contributed by atoms with E-state index in [0.29, 0.717) is 17.9 Å². The van der Waals surface area contributed by atoms with Crippen molar-refractivity contribution in [2.75, 3.05) is 11.9 Å². The van der Waals surface area contributed by atoms with Gasteiger partial charge in [0.05, 0.1) is 0 Å². The molecule has 0 bridgehead atoms. The zero-order valence-corrected chi connectivity index (χ0v) is 9.23. The Kier molecular flexibility index (Phi) is 3.04. The third-order valence-corrected chi connectivity index (χ3v) is 2.59. The first-order valence-electron chi connectivity index (χ1n) is 5.50. The summed E-state index contributed by atoms with van der Waals surface area (Å²) in [6.07, 6.45) is 6.87. The van der Waals surface area contributed by atoms with E-state index in [0.717, 1.165) is 12.4 Å². The molecular formula is C11H17N3O. The number of nitrogens with one attached hydrogen (secondary N) is 1. The van der Waals surface area contributed by atoms with Crippen LogP contribution in [-0.4, -0.2) is 16.7 Å². The summed E-state index contributed by atoms with van der Waals surface area (Å²) in [5.41, 5.74) is 0. The zero-order chi connectivity index (χ0) is 10.7. The molecule has 1 unspecified atom stereocenters. The van der Waals surface area contributed by atoms with Crippen molar-refractivity contribution in [2.24, 2.45) is 5.92 Å². The summed E-state index contributed by atoms with van der Waals surface area (Å²) in [5.74, 6) is 1.69. The van der Waals surface area contributed by atoms with Gasteiger partial charge in [-0.05, 0) is 18.8 Å². The van der Waals surface area contributed by atoms with Gasteiger partial charge in [0.25, 0.3) is 0 Å². The molecule has 0 saturated carbocycles. The maximum Gasteiger partial charge on any atom is 0.321 e. The predicted molar refractivity (Wildman–Crippen MR) is 58.7 cm³/mol. The molecule has 1 heterocycles. The number of rotatable bonds is 4. The van der Waals surface area contributed by atoms with Crippen LogP contribution in [0.1, 0.15) is 38.4 Å². The van der Waals surface area contributed by atoms with Crippen molar-refractivity contribution in [3.05, 3.63) is 18.0 Å². The highest BCUT2D eigenvalue weighted by Gasteiger charge is 2.12. The second-order valence-electron chi connectivity index (χ2n) is 4.26. The molecule has 15 heavy (non-hydrogen) atoms. The summed E-state index contributed by atoms with van der Waals surface area (Å²) < 4.78 is 5.09. The minimum atomic E-state index is 0.315. The molecule has 0 aromatic carbocycles. The van der Waals surface area contributed by atoms with Crippen LogP contribution in [0.3, 0.4) is 0 Å². The number of allylic oxidation sites excluding steroid dienone is 1. The predicted octanol–water partition coefficient (Wildman–Crippen LogP) is 2.57. The van der Waals surface area contributed by atoms with Crippen LogP contribution in [0.5, 0.6) is 0 Å². The van der Waals surface area contributed by atoms with Gasteiger partial charge in [-0.3, -0.25) is 0 Å². The van der Waals surface area contributed by atoms with Gasteiger partial charge in [-0.2, -0.15) is 4.98 Å². The van der Waals surface area contributed by atoms with Crippen molar-refractivity contribution in [2.45, 2.75) is 32.6 Å². The summed E-state index contributed by atoms with van der Waals surface area (Å²) in [6.45, 7) is 4.99. The topological polar surface area (TPSA) is 51.0 Å². The lowest BCUT2D eigenvalue weighted by atomic mass is 10.1. The van der Waals surface area contributed by atoms with E-state index in [1.54, 1.807) is 0 Å². The zero-order valence-electron chi connectivity index (χ0n) is 9.23. The van der Waals surface area contributed by atoms with Crippen LogP contribution in [0.25, 0.3) is 0 Å². The Bertz CT molecular complexity index is 343. The monoisotopic (exact) mass is 207 g/mol. The molecule has 1 N–H and O–H groups in total. The van der Waals surface area contributed by atoms with E-state index in [1.165, 1.54) is 12.8 Å². The van der Waals surface area contributed by atoms with Gasteiger partial charge < -0.3 is 9.84 Å². The Balaban J connectivity index is 1.85. The summed E-state index contributed by atoms with van der Waals surface area (Å²) >= 11 is 0. The van der Waals surface area contributed by atoms with E-state index < -0.39 is 0 Å². The minimum Gasteiger partial charge on any atom is -0.337 e. The molecule has 4 heteroatoms. The lowest BCUT2D eigenvalue weighted by molar-refractivity contribution is 0.417. The van der Waals surface area contributed by atoms with Crippen LogP contribution >= 0.6 is 0 Å². The Morgan fingerprint density at radius 3 is 3.07 bits per heavy atom. The van der Waals surface area contributed by atoms with Crippen molar-refractivity contribution in [3.63, 3.8) is 0 Å². The molecule has 0 saturated heterocycles. The third-order valence-electron chi connectivity index (χ3n) is 2.59. The fourth-order valence-electron chi connectivity index (χ4n) is 1.62. The van der Waals surface area contributed by atoms with Crippen molar-refractivity contribution in [3.8, 4) is 0 Å². The van der Waals surface area contributed by atoms with Crippen LogP contribution in [0, 0.1) is 5.92 Å². The SMILES string of the molecule is CC(C)c1noc(NCC2C=CCC2)n1. The van der Waals surface area contributed by atoms with Crippen molar-refractivity contribution in [1.29, 1.82) is 0 Å². The van der Waals surface area contributed by atoms with Gasteiger partial charge in [0.1, 0.15) is 0 Å². The van der Waals surface area contributed by atoms with E-state index in [-0.39, 0.29) is 0 Å².